The van der Waals surface area contributed by atoms with E-state index >= 15 is 0 Å². The van der Waals surface area contributed by atoms with Crippen LogP contribution in [-0.4, -0.2) is 30.1 Å². The minimum absolute atomic E-state index is 0.152. The Balaban J connectivity index is 2.44. The first-order chi connectivity index (χ1) is 12.6. The number of ether oxygens (including phenoxy) is 2. The van der Waals surface area contributed by atoms with E-state index in [0.29, 0.717) is 16.9 Å². The quantitative estimate of drug-likeness (QED) is 0.734. The molecule has 2 rings (SSSR count). The van der Waals surface area contributed by atoms with Crippen LogP contribution in [0.2, 0.25) is 0 Å². The fourth-order valence-corrected chi connectivity index (χ4v) is 3.45. The average molecular weight is 393 g/mol. The molecule has 7 nitrogen and oxygen atoms in total. The molecule has 27 heavy (non-hydrogen) atoms. The summed E-state index contributed by atoms with van der Waals surface area (Å²) in [5.41, 5.74) is 0.907. The number of rotatable bonds is 6. The molecule has 8 heteroatoms. The Hall–Kier alpha value is -2.61. The van der Waals surface area contributed by atoms with Crippen LogP contribution in [0.15, 0.2) is 16.7 Å². The Kier molecular flexibility index (Phi) is 6.43. The third-order valence-electron chi connectivity index (χ3n) is 3.55. The molecule has 2 aromatic rings. The number of hydrogen-bond acceptors (Lipinski definition) is 7. The fraction of sp³-hybridized carbons (Fsp3) is 0.421. The Bertz CT molecular complexity index is 862. The monoisotopic (exact) mass is 393 g/mol. The maximum Gasteiger partial charge on any atom is 0.348 e. The highest BCUT2D eigenvalue weighted by atomic mass is 32.1. The van der Waals surface area contributed by atoms with E-state index in [9.17, 15) is 14.4 Å². The van der Waals surface area contributed by atoms with E-state index in [2.05, 4.69) is 5.32 Å². The van der Waals surface area contributed by atoms with E-state index in [4.69, 9.17) is 13.9 Å². The molecule has 0 aliphatic heterocycles. The summed E-state index contributed by atoms with van der Waals surface area (Å²) in [4.78, 5) is 37.7. The maximum absolute atomic E-state index is 12.6. The van der Waals surface area contributed by atoms with Crippen LogP contribution < -0.4 is 5.32 Å². The van der Waals surface area contributed by atoms with Gasteiger partial charge in [0.25, 0.3) is 5.91 Å². The highest BCUT2D eigenvalue weighted by molar-refractivity contribution is 7.18. The van der Waals surface area contributed by atoms with Gasteiger partial charge in [0.1, 0.15) is 15.6 Å². The van der Waals surface area contributed by atoms with Crippen LogP contribution in [0, 0.1) is 13.8 Å². The van der Waals surface area contributed by atoms with Gasteiger partial charge >= 0.3 is 11.9 Å². The van der Waals surface area contributed by atoms with Crippen molar-refractivity contribution in [1.82, 2.24) is 0 Å². The molecule has 0 bridgehead atoms. The van der Waals surface area contributed by atoms with Crippen LogP contribution in [0.25, 0.3) is 0 Å². The molecule has 1 amide bonds. The van der Waals surface area contributed by atoms with Crippen molar-refractivity contribution in [1.29, 1.82) is 0 Å². The molecule has 2 aromatic heterocycles. The van der Waals surface area contributed by atoms with Gasteiger partial charge in [-0.25, -0.2) is 9.59 Å². The normalized spacial score (nSPS) is 11.0. The summed E-state index contributed by atoms with van der Waals surface area (Å²) < 4.78 is 15.6. The van der Waals surface area contributed by atoms with E-state index in [1.807, 2.05) is 0 Å². The summed E-state index contributed by atoms with van der Waals surface area (Å²) in [6, 6.07) is 1.53. The van der Waals surface area contributed by atoms with Crippen molar-refractivity contribution in [3.63, 3.8) is 0 Å². The van der Waals surface area contributed by atoms with Crippen LogP contribution in [-0.2, 0) is 9.47 Å². The van der Waals surface area contributed by atoms with E-state index in [1.54, 1.807) is 41.5 Å². The van der Waals surface area contributed by atoms with Crippen molar-refractivity contribution in [2.45, 2.75) is 53.8 Å². The predicted molar refractivity (Wildman–Crippen MR) is 102 cm³/mol. The lowest BCUT2D eigenvalue weighted by Gasteiger charge is -2.10. The van der Waals surface area contributed by atoms with Crippen LogP contribution in [0.5, 0.6) is 0 Å². The van der Waals surface area contributed by atoms with Crippen molar-refractivity contribution < 1.29 is 28.3 Å². The van der Waals surface area contributed by atoms with Crippen molar-refractivity contribution in [3.8, 4) is 0 Å². The lowest BCUT2D eigenvalue weighted by molar-refractivity contribution is 0.0378. The number of anilines is 1. The first-order valence-corrected chi connectivity index (χ1v) is 9.34. The smallest absolute Gasteiger partial charge is 0.348 e. The van der Waals surface area contributed by atoms with Gasteiger partial charge in [0, 0.05) is 0 Å². The second-order valence-electron chi connectivity index (χ2n) is 6.51. The minimum Gasteiger partial charge on any atom is -0.469 e. The first kappa shape index (κ1) is 20.7. The van der Waals surface area contributed by atoms with E-state index in [-0.39, 0.29) is 27.6 Å². The predicted octanol–water partition coefficient (Wildman–Crippen LogP) is 4.34. The third kappa shape index (κ3) is 4.77. The number of thiophene rings is 1. The Labute approximate surface area is 161 Å². The number of esters is 2. The van der Waals surface area contributed by atoms with Crippen LogP contribution >= 0.6 is 11.3 Å². The van der Waals surface area contributed by atoms with Crippen LogP contribution in [0.1, 0.15) is 69.4 Å². The molecule has 0 spiro atoms. The Morgan fingerprint density at radius 1 is 1.04 bits per heavy atom. The molecule has 0 saturated heterocycles. The molecule has 0 atom stereocenters. The summed E-state index contributed by atoms with van der Waals surface area (Å²) >= 11 is 0.985. The Morgan fingerprint density at radius 3 is 2.15 bits per heavy atom. The standard InChI is InChI=1S/C19H23NO6S/c1-9(2)25-18(22)14-11(5)15(19(23)26-10(3)4)27-17(14)20-16(21)13-7-8-24-12(13)6/h7-10H,1-6H3,(H,20,21). The summed E-state index contributed by atoms with van der Waals surface area (Å²) in [5.74, 6) is -1.15. The second kappa shape index (κ2) is 8.39. The van der Waals surface area contributed by atoms with Gasteiger partial charge in [-0.3, -0.25) is 4.79 Å². The number of amides is 1. The molecule has 2 heterocycles. The fourth-order valence-electron chi connectivity index (χ4n) is 2.37. The number of furan rings is 1. The molecule has 1 N–H and O–H groups in total. The van der Waals surface area contributed by atoms with Gasteiger partial charge in [0.15, 0.2) is 0 Å². The molecule has 146 valence electrons. The highest BCUT2D eigenvalue weighted by Crippen LogP contribution is 2.35. The zero-order valence-corrected chi connectivity index (χ0v) is 17.0. The topological polar surface area (TPSA) is 94.8 Å². The van der Waals surface area contributed by atoms with Gasteiger partial charge in [-0.05, 0) is 53.2 Å². The molecular formula is C19H23NO6S. The van der Waals surface area contributed by atoms with E-state index < -0.39 is 17.8 Å². The van der Waals surface area contributed by atoms with Crippen LogP contribution in [0.3, 0.4) is 0 Å². The van der Waals surface area contributed by atoms with E-state index in [1.165, 1.54) is 12.3 Å². The maximum atomic E-state index is 12.6. The van der Waals surface area contributed by atoms with E-state index in [0.717, 1.165) is 11.3 Å². The lowest BCUT2D eigenvalue weighted by atomic mass is 10.1. The van der Waals surface area contributed by atoms with Gasteiger partial charge in [-0.15, -0.1) is 11.3 Å². The molecule has 0 aliphatic carbocycles. The van der Waals surface area contributed by atoms with Gasteiger partial charge in [-0.1, -0.05) is 0 Å². The summed E-state index contributed by atoms with van der Waals surface area (Å²) in [6.45, 7) is 10.2. The van der Waals surface area contributed by atoms with Crippen molar-refractivity contribution in [3.05, 3.63) is 39.7 Å². The van der Waals surface area contributed by atoms with Crippen molar-refractivity contribution in [2.75, 3.05) is 5.32 Å². The third-order valence-corrected chi connectivity index (χ3v) is 4.74. The summed E-state index contributed by atoms with van der Waals surface area (Å²) in [6.07, 6.45) is 0.753. The number of aryl methyl sites for hydroxylation is 1. The van der Waals surface area contributed by atoms with Gasteiger partial charge < -0.3 is 19.2 Å². The molecule has 0 unspecified atom stereocenters. The molecule has 0 radical (unpaired) electrons. The SMILES string of the molecule is Cc1occc1C(=O)Nc1sc(C(=O)OC(C)C)c(C)c1C(=O)OC(C)C. The lowest BCUT2D eigenvalue weighted by Crippen LogP contribution is -2.17. The zero-order valence-electron chi connectivity index (χ0n) is 16.2. The minimum atomic E-state index is -0.610. The van der Waals surface area contributed by atoms with Gasteiger partial charge in [-0.2, -0.15) is 0 Å². The number of carbonyl (C=O) groups excluding carboxylic acids is 3. The largest absolute Gasteiger partial charge is 0.469 e. The number of nitrogens with one attached hydrogen (secondary N) is 1. The number of carbonyl (C=O) groups is 3. The highest BCUT2D eigenvalue weighted by Gasteiger charge is 2.29. The summed E-state index contributed by atoms with van der Waals surface area (Å²) in [5, 5.41) is 2.92. The average Bonchev–Trinajstić information content (AvgIpc) is 3.09. The Morgan fingerprint density at radius 2 is 1.63 bits per heavy atom. The zero-order chi connectivity index (χ0) is 20.3. The van der Waals surface area contributed by atoms with Crippen LogP contribution in [0.4, 0.5) is 5.00 Å². The first-order valence-electron chi connectivity index (χ1n) is 8.52. The molecule has 0 fully saturated rings. The second-order valence-corrected chi connectivity index (χ2v) is 7.53. The molecule has 0 aromatic carbocycles. The van der Waals surface area contributed by atoms with Gasteiger partial charge in [0.2, 0.25) is 0 Å². The van der Waals surface area contributed by atoms with Crippen molar-refractivity contribution in [2.24, 2.45) is 0 Å². The molecule has 0 aliphatic rings. The number of hydrogen-bond donors (Lipinski definition) is 1. The molecule has 0 saturated carbocycles. The molecular weight excluding hydrogens is 370 g/mol. The van der Waals surface area contributed by atoms with Gasteiger partial charge in [0.05, 0.1) is 29.6 Å². The van der Waals surface area contributed by atoms with Crippen molar-refractivity contribution >= 4 is 34.2 Å². The summed E-state index contributed by atoms with van der Waals surface area (Å²) in [7, 11) is 0.